The van der Waals surface area contributed by atoms with Gasteiger partial charge < -0.3 is 5.32 Å². The maximum atomic E-state index is 4.66. The Morgan fingerprint density at radius 3 is 2.44 bits per heavy atom. The number of rotatable bonds is 3. The largest absolute Gasteiger partial charge is 0.372 e. The van der Waals surface area contributed by atoms with E-state index in [-0.39, 0.29) is 0 Å². The summed E-state index contributed by atoms with van der Waals surface area (Å²) in [4.78, 5) is 10.3. The number of hydrogen-bond acceptors (Lipinski definition) is 4. The first kappa shape index (κ1) is 14.0. The molecule has 0 saturated carbocycles. The van der Waals surface area contributed by atoms with Gasteiger partial charge in [-0.05, 0) is 49.9 Å². The standard InChI is InChI=1S/C12H13Br2N3S/c1-6(2)10-9(14)12(15-3)17-11(16-10)7-4-5-8(13)18-7/h4-6H,1-3H3,(H,15,16,17). The second kappa shape index (κ2) is 5.67. The van der Waals surface area contributed by atoms with Crippen LogP contribution in [0.15, 0.2) is 20.4 Å². The Balaban J connectivity index is 2.58. The second-order valence-electron chi connectivity index (χ2n) is 4.10. The van der Waals surface area contributed by atoms with Crippen molar-refractivity contribution >= 4 is 49.0 Å². The molecule has 2 aromatic heterocycles. The summed E-state index contributed by atoms with van der Waals surface area (Å²) in [6.45, 7) is 4.25. The number of anilines is 1. The van der Waals surface area contributed by atoms with E-state index in [4.69, 9.17) is 0 Å². The summed E-state index contributed by atoms with van der Waals surface area (Å²) in [6.07, 6.45) is 0. The van der Waals surface area contributed by atoms with Gasteiger partial charge >= 0.3 is 0 Å². The molecule has 96 valence electrons. The van der Waals surface area contributed by atoms with Crippen molar-refractivity contribution in [2.75, 3.05) is 12.4 Å². The average molecular weight is 391 g/mol. The zero-order valence-electron chi connectivity index (χ0n) is 10.3. The van der Waals surface area contributed by atoms with Gasteiger partial charge in [-0.25, -0.2) is 9.97 Å². The molecule has 0 fully saturated rings. The maximum absolute atomic E-state index is 4.66. The molecular formula is C12H13Br2N3S. The number of halogens is 2. The number of thiophene rings is 1. The van der Waals surface area contributed by atoms with E-state index in [9.17, 15) is 0 Å². The molecule has 2 aromatic rings. The molecule has 0 aliphatic carbocycles. The first-order valence-corrected chi connectivity index (χ1v) is 7.94. The molecule has 0 atom stereocenters. The van der Waals surface area contributed by atoms with E-state index in [0.29, 0.717) is 5.92 Å². The highest BCUT2D eigenvalue weighted by Crippen LogP contribution is 2.34. The Morgan fingerprint density at radius 2 is 1.94 bits per heavy atom. The summed E-state index contributed by atoms with van der Waals surface area (Å²) in [7, 11) is 1.87. The molecule has 1 N–H and O–H groups in total. The fourth-order valence-electron chi connectivity index (χ4n) is 1.56. The summed E-state index contributed by atoms with van der Waals surface area (Å²) in [6, 6.07) is 4.04. The van der Waals surface area contributed by atoms with Crippen molar-refractivity contribution in [2.24, 2.45) is 0 Å². The van der Waals surface area contributed by atoms with Gasteiger partial charge in [0.2, 0.25) is 0 Å². The minimum atomic E-state index is 0.344. The highest BCUT2D eigenvalue weighted by molar-refractivity contribution is 9.11. The Bertz CT molecular complexity index is 566. The van der Waals surface area contributed by atoms with Gasteiger partial charge in [-0.15, -0.1) is 11.3 Å². The van der Waals surface area contributed by atoms with Crippen LogP contribution in [0, 0.1) is 0 Å². The van der Waals surface area contributed by atoms with Crippen LogP contribution in [0.1, 0.15) is 25.5 Å². The molecule has 0 radical (unpaired) electrons. The molecule has 0 saturated heterocycles. The van der Waals surface area contributed by atoms with Crippen molar-refractivity contribution in [3.05, 3.63) is 26.1 Å². The van der Waals surface area contributed by atoms with Gasteiger partial charge in [0.15, 0.2) is 5.82 Å². The molecule has 0 aromatic carbocycles. The lowest BCUT2D eigenvalue weighted by Gasteiger charge is -2.12. The third kappa shape index (κ3) is 2.75. The first-order valence-electron chi connectivity index (χ1n) is 5.53. The predicted octanol–water partition coefficient (Wildman–Crippen LogP) is 4.90. The zero-order chi connectivity index (χ0) is 13.3. The zero-order valence-corrected chi connectivity index (χ0v) is 14.3. The van der Waals surface area contributed by atoms with Crippen LogP contribution in [0.2, 0.25) is 0 Å². The van der Waals surface area contributed by atoms with Crippen LogP contribution in [0.3, 0.4) is 0 Å². The Kier molecular flexibility index (Phi) is 4.40. The van der Waals surface area contributed by atoms with Gasteiger partial charge in [0, 0.05) is 7.05 Å². The van der Waals surface area contributed by atoms with Crippen LogP contribution in [-0.4, -0.2) is 17.0 Å². The number of hydrogen-bond donors (Lipinski definition) is 1. The van der Waals surface area contributed by atoms with E-state index in [1.54, 1.807) is 11.3 Å². The van der Waals surface area contributed by atoms with Crippen LogP contribution < -0.4 is 5.32 Å². The molecular weight excluding hydrogens is 378 g/mol. The van der Waals surface area contributed by atoms with Gasteiger partial charge in [-0.2, -0.15) is 0 Å². The van der Waals surface area contributed by atoms with Gasteiger partial charge in [0.25, 0.3) is 0 Å². The summed E-state index contributed by atoms with van der Waals surface area (Å²) in [5.74, 6) is 1.94. The smallest absolute Gasteiger partial charge is 0.171 e. The third-order valence-electron chi connectivity index (χ3n) is 2.45. The molecule has 0 unspecified atom stereocenters. The molecule has 0 bridgehead atoms. The normalized spacial score (nSPS) is 11.0. The number of aromatic nitrogens is 2. The van der Waals surface area contributed by atoms with E-state index >= 15 is 0 Å². The summed E-state index contributed by atoms with van der Waals surface area (Å²) in [5.41, 5.74) is 1.02. The lowest BCUT2D eigenvalue weighted by atomic mass is 10.1. The monoisotopic (exact) mass is 389 g/mol. The van der Waals surface area contributed by atoms with Crippen LogP contribution in [0.25, 0.3) is 10.7 Å². The van der Waals surface area contributed by atoms with Crippen LogP contribution >= 0.6 is 43.2 Å². The van der Waals surface area contributed by atoms with Crippen molar-refractivity contribution in [1.82, 2.24) is 9.97 Å². The van der Waals surface area contributed by atoms with E-state index in [0.717, 1.165) is 30.5 Å². The quantitative estimate of drug-likeness (QED) is 0.810. The van der Waals surface area contributed by atoms with Crippen molar-refractivity contribution in [3.63, 3.8) is 0 Å². The van der Waals surface area contributed by atoms with E-state index in [1.165, 1.54) is 0 Å². The first-order chi connectivity index (χ1) is 8.52. The molecule has 2 rings (SSSR count). The van der Waals surface area contributed by atoms with E-state index < -0.39 is 0 Å². The van der Waals surface area contributed by atoms with Crippen LogP contribution in [-0.2, 0) is 0 Å². The summed E-state index contributed by atoms with van der Waals surface area (Å²) in [5, 5.41) is 3.10. The van der Waals surface area contributed by atoms with Gasteiger partial charge in [-0.1, -0.05) is 13.8 Å². The molecule has 0 amide bonds. The highest BCUT2D eigenvalue weighted by Gasteiger charge is 2.15. The minimum absolute atomic E-state index is 0.344. The Morgan fingerprint density at radius 1 is 1.22 bits per heavy atom. The second-order valence-corrected chi connectivity index (χ2v) is 7.36. The summed E-state index contributed by atoms with van der Waals surface area (Å²) >= 11 is 8.66. The van der Waals surface area contributed by atoms with Crippen LogP contribution in [0.5, 0.6) is 0 Å². The fraction of sp³-hybridized carbons (Fsp3) is 0.333. The van der Waals surface area contributed by atoms with Crippen LogP contribution in [0.4, 0.5) is 5.82 Å². The highest BCUT2D eigenvalue weighted by atomic mass is 79.9. The summed E-state index contributed by atoms with van der Waals surface area (Å²) < 4.78 is 2.03. The van der Waals surface area contributed by atoms with Crippen molar-refractivity contribution in [2.45, 2.75) is 19.8 Å². The SMILES string of the molecule is CNc1nc(-c2ccc(Br)s2)nc(C(C)C)c1Br. The molecule has 0 aliphatic heterocycles. The topological polar surface area (TPSA) is 37.8 Å². The van der Waals surface area contributed by atoms with Gasteiger partial charge in [0.1, 0.15) is 5.82 Å². The minimum Gasteiger partial charge on any atom is -0.372 e. The molecule has 0 spiro atoms. The van der Waals surface area contributed by atoms with Crippen molar-refractivity contribution in [1.29, 1.82) is 0 Å². The third-order valence-corrected chi connectivity index (χ3v) is 4.86. The number of nitrogens with one attached hydrogen (secondary N) is 1. The Hall–Kier alpha value is -0.460. The van der Waals surface area contributed by atoms with E-state index in [1.807, 2.05) is 19.2 Å². The number of nitrogens with zero attached hydrogens (tertiary/aromatic N) is 2. The predicted molar refractivity (Wildman–Crippen MR) is 84.4 cm³/mol. The lowest BCUT2D eigenvalue weighted by molar-refractivity contribution is 0.811. The molecule has 0 aliphatic rings. The lowest BCUT2D eigenvalue weighted by Crippen LogP contribution is -2.04. The van der Waals surface area contributed by atoms with E-state index in [2.05, 4.69) is 61.0 Å². The van der Waals surface area contributed by atoms with Gasteiger partial charge in [0.05, 0.1) is 18.8 Å². The molecule has 3 nitrogen and oxygen atoms in total. The maximum Gasteiger partial charge on any atom is 0.171 e. The van der Waals surface area contributed by atoms with Crippen molar-refractivity contribution in [3.8, 4) is 10.7 Å². The molecule has 2 heterocycles. The average Bonchev–Trinajstić information content (AvgIpc) is 2.76. The fourth-order valence-corrected chi connectivity index (χ4v) is 3.71. The molecule has 18 heavy (non-hydrogen) atoms. The molecule has 6 heteroatoms. The Labute approximate surface area is 127 Å². The van der Waals surface area contributed by atoms with Gasteiger partial charge in [-0.3, -0.25) is 0 Å². The van der Waals surface area contributed by atoms with Crippen molar-refractivity contribution < 1.29 is 0 Å².